The van der Waals surface area contributed by atoms with Crippen LogP contribution >= 0.6 is 0 Å². The van der Waals surface area contributed by atoms with Gasteiger partial charge in [-0.05, 0) is 50.5 Å². The van der Waals surface area contributed by atoms with Gasteiger partial charge in [-0.25, -0.2) is 0 Å². The van der Waals surface area contributed by atoms with Gasteiger partial charge in [0, 0.05) is 19.5 Å². The molecule has 0 aromatic carbocycles. The fourth-order valence-corrected chi connectivity index (χ4v) is 2.91. The fourth-order valence-electron chi connectivity index (χ4n) is 2.91. The van der Waals surface area contributed by atoms with Crippen LogP contribution in [0.25, 0.3) is 0 Å². The predicted octanol–water partition coefficient (Wildman–Crippen LogP) is 2.15. The van der Waals surface area contributed by atoms with E-state index in [2.05, 4.69) is 20.8 Å². The molecule has 118 valence electrons. The second kappa shape index (κ2) is 6.90. The molecule has 3 N–H and O–H groups in total. The summed E-state index contributed by atoms with van der Waals surface area (Å²) in [5.41, 5.74) is 5.29. The van der Waals surface area contributed by atoms with Crippen LogP contribution < -0.4 is 5.73 Å². The Labute approximate surface area is 123 Å². The number of piperidine rings is 1. The quantitative estimate of drug-likeness (QED) is 0.813. The Bertz CT molecular complexity index is 311. The van der Waals surface area contributed by atoms with Gasteiger partial charge in [0.05, 0.1) is 5.60 Å². The zero-order valence-electron chi connectivity index (χ0n) is 13.6. The zero-order valence-corrected chi connectivity index (χ0v) is 13.6. The van der Waals surface area contributed by atoms with Crippen LogP contribution in [-0.2, 0) is 4.79 Å². The molecule has 0 radical (unpaired) electrons. The van der Waals surface area contributed by atoms with Gasteiger partial charge in [-0.15, -0.1) is 0 Å². The zero-order chi connectivity index (χ0) is 15.4. The molecule has 1 fully saturated rings. The number of likely N-dealkylation sites (tertiary alicyclic amines) is 1. The summed E-state index contributed by atoms with van der Waals surface area (Å²) in [5, 5.41) is 9.92. The van der Waals surface area contributed by atoms with E-state index in [0.717, 1.165) is 12.8 Å². The molecule has 4 nitrogen and oxygen atoms in total. The molecule has 1 aliphatic heterocycles. The van der Waals surface area contributed by atoms with Crippen LogP contribution in [0, 0.1) is 11.3 Å². The van der Waals surface area contributed by atoms with Crippen LogP contribution in [0.4, 0.5) is 0 Å². The molecule has 1 saturated heterocycles. The number of hydrogen-bond donors (Lipinski definition) is 2. The summed E-state index contributed by atoms with van der Waals surface area (Å²) >= 11 is 0. The van der Waals surface area contributed by atoms with E-state index in [4.69, 9.17) is 5.73 Å². The van der Waals surface area contributed by atoms with Crippen molar-refractivity contribution >= 4 is 5.91 Å². The lowest BCUT2D eigenvalue weighted by atomic mass is 9.76. The highest BCUT2D eigenvalue weighted by Crippen LogP contribution is 2.32. The smallest absolute Gasteiger partial charge is 0.222 e. The summed E-state index contributed by atoms with van der Waals surface area (Å²) in [5.74, 6) is 0.719. The average molecular weight is 284 g/mol. The van der Waals surface area contributed by atoms with E-state index in [9.17, 15) is 9.90 Å². The van der Waals surface area contributed by atoms with Crippen molar-refractivity contribution in [3.63, 3.8) is 0 Å². The molecule has 1 amide bonds. The van der Waals surface area contributed by atoms with Crippen molar-refractivity contribution in [2.24, 2.45) is 17.1 Å². The SMILES string of the molecule is CC1(O)CCN(C(=O)CCC(CCN)C(C)(C)C)CC1. The first-order valence-corrected chi connectivity index (χ1v) is 7.86. The molecule has 0 aromatic rings. The van der Waals surface area contributed by atoms with Gasteiger partial charge in [0.1, 0.15) is 0 Å². The van der Waals surface area contributed by atoms with E-state index in [1.165, 1.54) is 0 Å². The van der Waals surface area contributed by atoms with Crippen LogP contribution in [0.1, 0.15) is 59.8 Å². The van der Waals surface area contributed by atoms with E-state index in [1.54, 1.807) is 0 Å². The second-order valence-corrected chi connectivity index (χ2v) is 7.56. The lowest BCUT2D eigenvalue weighted by Crippen LogP contribution is -2.45. The van der Waals surface area contributed by atoms with Crippen LogP contribution in [0.2, 0.25) is 0 Å². The summed E-state index contributed by atoms with van der Waals surface area (Å²) in [6.07, 6.45) is 3.86. The first-order valence-electron chi connectivity index (χ1n) is 7.86. The van der Waals surface area contributed by atoms with Gasteiger partial charge in [0.15, 0.2) is 0 Å². The first kappa shape index (κ1) is 17.4. The Morgan fingerprint density at radius 1 is 1.30 bits per heavy atom. The summed E-state index contributed by atoms with van der Waals surface area (Å²) in [4.78, 5) is 14.2. The van der Waals surface area contributed by atoms with Crippen LogP contribution in [-0.4, -0.2) is 41.1 Å². The maximum atomic E-state index is 12.3. The van der Waals surface area contributed by atoms with E-state index < -0.39 is 5.60 Å². The largest absolute Gasteiger partial charge is 0.390 e. The highest BCUT2D eigenvalue weighted by Gasteiger charge is 2.30. The van der Waals surface area contributed by atoms with Crippen LogP contribution in [0.3, 0.4) is 0 Å². The Morgan fingerprint density at radius 3 is 2.30 bits per heavy atom. The number of nitrogens with two attached hydrogens (primary N) is 1. The lowest BCUT2D eigenvalue weighted by Gasteiger charge is -2.36. The molecular formula is C16H32N2O2. The minimum Gasteiger partial charge on any atom is -0.390 e. The van der Waals surface area contributed by atoms with Crippen molar-refractivity contribution < 1.29 is 9.90 Å². The number of rotatable bonds is 5. The molecule has 0 saturated carbocycles. The van der Waals surface area contributed by atoms with E-state index in [-0.39, 0.29) is 11.3 Å². The average Bonchev–Trinajstić information content (AvgIpc) is 2.32. The first-order chi connectivity index (χ1) is 9.15. The molecule has 1 rings (SSSR count). The van der Waals surface area contributed by atoms with Gasteiger partial charge >= 0.3 is 0 Å². The molecule has 0 bridgehead atoms. The predicted molar refractivity (Wildman–Crippen MR) is 82.3 cm³/mol. The molecule has 0 aliphatic carbocycles. The number of amides is 1. The lowest BCUT2D eigenvalue weighted by molar-refractivity contribution is -0.135. The third-order valence-corrected chi connectivity index (χ3v) is 4.64. The van der Waals surface area contributed by atoms with Crippen LogP contribution in [0.15, 0.2) is 0 Å². The van der Waals surface area contributed by atoms with Crippen molar-refractivity contribution in [1.29, 1.82) is 0 Å². The van der Waals surface area contributed by atoms with Gasteiger partial charge in [0.2, 0.25) is 5.91 Å². The van der Waals surface area contributed by atoms with Crippen molar-refractivity contribution in [2.75, 3.05) is 19.6 Å². The minimum atomic E-state index is -0.593. The van der Waals surface area contributed by atoms with E-state index in [0.29, 0.717) is 44.8 Å². The number of nitrogens with zero attached hydrogens (tertiary/aromatic N) is 1. The minimum absolute atomic E-state index is 0.200. The molecular weight excluding hydrogens is 252 g/mol. The van der Waals surface area contributed by atoms with E-state index in [1.807, 2.05) is 11.8 Å². The molecule has 0 aromatic heterocycles. The molecule has 20 heavy (non-hydrogen) atoms. The van der Waals surface area contributed by atoms with Gasteiger partial charge < -0.3 is 15.7 Å². The summed E-state index contributed by atoms with van der Waals surface area (Å²) in [6, 6.07) is 0. The number of hydrogen-bond acceptors (Lipinski definition) is 3. The Hall–Kier alpha value is -0.610. The second-order valence-electron chi connectivity index (χ2n) is 7.56. The summed E-state index contributed by atoms with van der Waals surface area (Å²) in [6.45, 7) is 10.6. The Morgan fingerprint density at radius 2 is 1.85 bits per heavy atom. The molecule has 1 heterocycles. The van der Waals surface area contributed by atoms with Crippen molar-refractivity contribution in [1.82, 2.24) is 4.90 Å². The molecule has 0 spiro atoms. The Balaban J connectivity index is 2.42. The molecule has 4 heteroatoms. The fraction of sp³-hybridized carbons (Fsp3) is 0.938. The van der Waals surface area contributed by atoms with Crippen LogP contribution in [0.5, 0.6) is 0 Å². The highest BCUT2D eigenvalue weighted by molar-refractivity contribution is 5.76. The highest BCUT2D eigenvalue weighted by atomic mass is 16.3. The topological polar surface area (TPSA) is 66.6 Å². The summed E-state index contributed by atoms with van der Waals surface area (Å²) in [7, 11) is 0. The van der Waals surface area contributed by atoms with Crippen molar-refractivity contribution in [3.8, 4) is 0 Å². The standard InChI is InChI=1S/C16H32N2O2/c1-15(2,3)13(7-10-17)5-6-14(19)18-11-8-16(4,20)9-12-18/h13,20H,5-12,17H2,1-4H3. The van der Waals surface area contributed by atoms with E-state index >= 15 is 0 Å². The van der Waals surface area contributed by atoms with Gasteiger partial charge in [-0.3, -0.25) is 4.79 Å². The van der Waals surface area contributed by atoms with Crippen molar-refractivity contribution in [2.45, 2.75) is 65.4 Å². The maximum Gasteiger partial charge on any atom is 0.222 e. The molecule has 1 atom stereocenters. The Kier molecular flexibility index (Phi) is 6.02. The number of aliphatic hydroxyl groups is 1. The third kappa shape index (κ3) is 5.41. The molecule has 1 aliphatic rings. The number of carbonyl (C=O) groups is 1. The van der Waals surface area contributed by atoms with Gasteiger partial charge in [-0.1, -0.05) is 20.8 Å². The normalized spacial score (nSPS) is 20.8. The third-order valence-electron chi connectivity index (χ3n) is 4.64. The van der Waals surface area contributed by atoms with Gasteiger partial charge in [-0.2, -0.15) is 0 Å². The van der Waals surface area contributed by atoms with Gasteiger partial charge in [0.25, 0.3) is 0 Å². The maximum absolute atomic E-state index is 12.3. The monoisotopic (exact) mass is 284 g/mol. The summed E-state index contributed by atoms with van der Waals surface area (Å²) < 4.78 is 0. The number of carbonyl (C=O) groups excluding carboxylic acids is 1. The van der Waals surface area contributed by atoms with Crippen molar-refractivity contribution in [3.05, 3.63) is 0 Å². The molecule has 1 unspecified atom stereocenters.